The van der Waals surface area contributed by atoms with Gasteiger partial charge in [0, 0.05) is 29.3 Å². The van der Waals surface area contributed by atoms with Crippen LogP contribution in [0, 0.1) is 11.5 Å². The van der Waals surface area contributed by atoms with Gasteiger partial charge in [-0.15, -0.1) is 5.54 Å². The standard InChI is InChI=1S/C16H21BrClNOSi/c1-21(2,3)9-6-12-10-13(17)11-15(18)16(12)19-14-4-7-20-8-5-14/h10-11,14,19H,4-5,7-8H2,1-3H3. The summed E-state index contributed by atoms with van der Waals surface area (Å²) in [5.41, 5.74) is 5.35. The smallest absolute Gasteiger partial charge is 0.129 e. The molecule has 0 spiro atoms. The van der Waals surface area contributed by atoms with Crippen LogP contribution in [0.5, 0.6) is 0 Å². The van der Waals surface area contributed by atoms with Gasteiger partial charge in [0.2, 0.25) is 0 Å². The Hall–Kier alpha value is -0.473. The number of benzene rings is 1. The highest BCUT2D eigenvalue weighted by Gasteiger charge is 2.17. The first kappa shape index (κ1) is 16.9. The zero-order chi connectivity index (χ0) is 15.5. The van der Waals surface area contributed by atoms with Gasteiger partial charge in [-0.3, -0.25) is 0 Å². The van der Waals surface area contributed by atoms with E-state index in [1.54, 1.807) is 0 Å². The molecule has 2 rings (SSSR count). The van der Waals surface area contributed by atoms with Crippen LogP contribution >= 0.6 is 27.5 Å². The maximum absolute atomic E-state index is 6.42. The summed E-state index contributed by atoms with van der Waals surface area (Å²) in [6.07, 6.45) is 2.01. The summed E-state index contributed by atoms with van der Waals surface area (Å²) in [7, 11) is -1.42. The normalized spacial score (nSPS) is 16.2. The van der Waals surface area contributed by atoms with E-state index in [0.717, 1.165) is 46.8 Å². The van der Waals surface area contributed by atoms with Crippen molar-refractivity contribution in [3.63, 3.8) is 0 Å². The summed E-state index contributed by atoms with van der Waals surface area (Å²) < 4.78 is 6.37. The van der Waals surface area contributed by atoms with E-state index in [4.69, 9.17) is 16.3 Å². The minimum atomic E-state index is -1.42. The maximum Gasteiger partial charge on any atom is 0.129 e. The van der Waals surface area contributed by atoms with Crippen LogP contribution in [0.25, 0.3) is 0 Å². The zero-order valence-electron chi connectivity index (χ0n) is 12.7. The summed E-state index contributed by atoms with van der Waals surface area (Å²) in [4.78, 5) is 0. The molecule has 0 aromatic heterocycles. The van der Waals surface area contributed by atoms with E-state index in [1.807, 2.05) is 12.1 Å². The van der Waals surface area contributed by atoms with E-state index in [2.05, 4.69) is 52.4 Å². The minimum absolute atomic E-state index is 0.407. The Bertz CT molecular complexity index is 568. The van der Waals surface area contributed by atoms with Gasteiger partial charge >= 0.3 is 0 Å². The molecule has 114 valence electrons. The molecule has 1 N–H and O–H groups in total. The van der Waals surface area contributed by atoms with E-state index in [1.165, 1.54) is 0 Å². The highest BCUT2D eigenvalue weighted by molar-refractivity contribution is 9.10. The summed E-state index contributed by atoms with van der Waals surface area (Å²) in [5.74, 6) is 3.33. The van der Waals surface area contributed by atoms with Crippen molar-refractivity contribution in [2.75, 3.05) is 18.5 Å². The van der Waals surface area contributed by atoms with Crippen LogP contribution < -0.4 is 5.32 Å². The zero-order valence-corrected chi connectivity index (χ0v) is 16.1. The number of rotatable bonds is 2. The predicted molar refractivity (Wildman–Crippen MR) is 96.8 cm³/mol. The van der Waals surface area contributed by atoms with Gasteiger partial charge in [0.15, 0.2) is 0 Å². The third kappa shape index (κ3) is 5.34. The Morgan fingerprint density at radius 3 is 2.57 bits per heavy atom. The average molecular weight is 387 g/mol. The molecule has 0 radical (unpaired) electrons. The van der Waals surface area contributed by atoms with Crippen LogP contribution in [0.3, 0.4) is 0 Å². The fraction of sp³-hybridized carbons (Fsp3) is 0.500. The largest absolute Gasteiger partial charge is 0.381 e. The van der Waals surface area contributed by atoms with Gasteiger partial charge in [-0.1, -0.05) is 53.1 Å². The topological polar surface area (TPSA) is 21.3 Å². The lowest BCUT2D eigenvalue weighted by molar-refractivity contribution is 0.0904. The summed E-state index contributed by atoms with van der Waals surface area (Å²) in [5, 5.41) is 4.28. The summed E-state index contributed by atoms with van der Waals surface area (Å²) in [6, 6.07) is 4.37. The molecular formula is C16H21BrClNOSi. The highest BCUT2D eigenvalue weighted by Crippen LogP contribution is 2.31. The van der Waals surface area contributed by atoms with Crippen molar-refractivity contribution in [2.45, 2.75) is 38.5 Å². The Morgan fingerprint density at radius 1 is 1.29 bits per heavy atom. The van der Waals surface area contributed by atoms with Crippen molar-refractivity contribution >= 4 is 41.3 Å². The fourth-order valence-electron chi connectivity index (χ4n) is 2.12. The average Bonchev–Trinajstić information content (AvgIpc) is 2.40. The molecule has 1 aromatic rings. The molecule has 0 saturated carbocycles. The van der Waals surface area contributed by atoms with Crippen LogP contribution in [-0.2, 0) is 4.74 Å². The van der Waals surface area contributed by atoms with Crippen LogP contribution in [0.2, 0.25) is 24.7 Å². The summed E-state index contributed by atoms with van der Waals surface area (Å²) in [6.45, 7) is 8.34. The summed E-state index contributed by atoms with van der Waals surface area (Å²) >= 11 is 9.93. The number of halogens is 2. The van der Waals surface area contributed by atoms with Gasteiger partial charge in [-0.05, 0) is 25.0 Å². The van der Waals surface area contributed by atoms with Crippen molar-refractivity contribution in [3.8, 4) is 11.5 Å². The van der Waals surface area contributed by atoms with E-state index < -0.39 is 8.07 Å². The molecule has 1 heterocycles. The third-order valence-corrected chi connectivity index (χ3v) is 4.83. The maximum atomic E-state index is 6.42. The Kier molecular flexibility index (Phi) is 5.78. The van der Waals surface area contributed by atoms with Gasteiger partial charge in [-0.25, -0.2) is 0 Å². The van der Waals surface area contributed by atoms with Gasteiger partial charge in [0.25, 0.3) is 0 Å². The molecule has 1 aromatic carbocycles. The second kappa shape index (κ2) is 7.19. The number of anilines is 1. The van der Waals surface area contributed by atoms with Crippen molar-refractivity contribution in [1.29, 1.82) is 0 Å². The highest BCUT2D eigenvalue weighted by atomic mass is 79.9. The Balaban J connectivity index is 2.31. The van der Waals surface area contributed by atoms with Gasteiger partial charge in [0.1, 0.15) is 8.07 Å². The molecule has 0 aliphatic carbocycles. The van der Waals surface area contributed by atoms with Gasteiger partial charge in [0.05, 0.1) is 10.7 Å². The van der Waals surface area contributed by atoms with Gasteiger partial charge < -0.3 is 10.1 Å². The van der Waals surface area contributed by atoms with Crippen molar-refractivity contribution in [3.05, 3.63) is 27.2 Å². The molecule has 21 heavy (non-hydrogen) atoms. The van der Waals surface area contributed by atoms with E-state index in [0.29, 0.717) is 6.04 Å². The van der Waals surface area contributed by atoms with Crippen LogP contribution in [0.15, 0.2) is 16.6 Å². The second-order valence-corrected chi connectivity index (χ2v) is 12.4. The van der Waals surface area contributed by atoms with E-state index in [9.17, 15) is 0 Å². The first-order valence-corrected chi connectivity index (χ1v) is 11.9. The fourth-order valence-corrected chi connectivity index (χ4v) is 3.49. The quantitative estimate of drug-likeness (QED) is 0.575. The van der Waals surface area contributed by atoms with Crippen LogP contribution in [0.4, 0.5) is 5.69 Å². The van der Waals surface area contributed by atoms with E-state index >= 15 is 0 Å². The molecule has 1 saturated heterocycles. The van der Waals surface area contributed by atoms with E-state index in [-0.39, 0.29) is 0 Å². The predicted octanol–water partition coefficient (Wildman–Crippen LogP) is 4.92. The SMILES string of the molecule is C[Si](C)(C)C#Cc1cc(Br)cc(Cl)c1NC1CCOCC1. The molecule has 1 aliphatic heterocycles. The number of ether oxygens (including phenoxy) is 1. The molecule has 1 fully saturated rings. The molecule has 1 aliphatic rings. The minimum Gasteiger partial charge on any atom is -0.381 e. The van der Waals surface area contributed by atoms with Crippen LogP contribution in [0.1, 0.15) is 18.4 Å². The molecule has 0 atom stereocenters. The Morgan fingerprint density at radius 2 is 1.95 bits per heavy atom. The number of hydrogen-bond acceptors (Lipinski definition) is 2. The number of nitrogens with one attached hydrogen (secondary N) is 1. The van der Waals surface area contributed by atoms with Crippen molar-refractivity contribution in [1.82, 2.24) is 0 Å². The monoisotopic (exact) mass is 385 g/mol. The first-order chi connectivity index (χ1) is 9.85. The Labute approximate surface area is 141 Å². The van der Waals surface area contributed by atoms with Crippen molar-refractivity contribution < 1.29 is 4.74 Å². The molecule has 0 bridgehead atoms. The molecule has 0 amide bonds. The van der Waals surface area contributed by atoms with Gasteiger partial charge in [-0.2, -0.15) is 0 Å². The lowest BCUT2D eigenvalue weighted by atomic mass is 10.1. The van der Waals surface area contributed by atoms with Crippen LogP contribution in [-0.4, -0.2) is 27.3 Å². The molecule has 2 nitrogen and oxygen atoms in total. The molecular weight excluding hydrogens is 366 g/mol. The lowest BCUT2D eigenvalue weighted by Gasteiger charge is -2.25. The third-order valence-electron chi connectivity index (χ3n) is 3.20. The first-order valence-electron chi connectivity index (χ1n) is 7.22. The second-order valence-electron chi connectivity index (χ2n) is 6.34. The molecule has 5 heteroatoms. The number of hydrogen-bond donors (Lipinski definition) is 1. The lowest BCUT2D eigenvalue weighted by Crippen LogP contribution is -2.28. The van der Waals surface area contributed by atoms with Crippen molar-refractivity contribution in [2.24, 2.45) is 0 Å². The molecule has 0 unspecified atom stereocenters.